The Balaban J connectivity index is 3.10. The number of hydrogen-bond acceptors (Lipinski definition) is 3. The molecular weight excluding hydrogens is 144 g/mol. The highest BCUT2D eigenvalue weighted by atomic mass is 16.4. The Hall–Kier alpha value is -0.930. The van der Waals surface area contributed by atoms with Crippen molar-refractivity contribution in [3.63, 3.8) is 0 Å². The van der Waals surface area contributed by atoms with Crippen molar-refractivity contribution < 1.29 is 9.90 Å². The molecule has 0 bridgehead atoms. The SMILES string of the molecule is CCCCCN=NCC(=O)O. The molecule has 4 nitrogen and oxygen atoms in total. The lowest BCUT2D eigenvalue weighted by atomic mass is 10.3. The number of unbranched alkanes of at least 4 members (excludes halogenated alkanes) is 2. The number of carboxylic acids is 1. The van der Waals surface area contributed by atoms with Crippen LogP contribution in [-0.2, 0) is 4.79 Å². The van der Waals surface area contributed by atoms with Gasteiger partial charge in [-0.25, -0.2) is 0 Å². The summed E-state index contributed by atoms with van der Waals surface area (Å²) >= 11 is 0. The van der Waals surface area contributed by atoms with Crippen LogP contribution in [0.1, 0.15) is 26.2 Å². The predicted molar refractivity (Wildman–Crippen MR) is 41.8 cm³/mol. The van der Waals surface area contributed by atoms with Crippen LogP contribution in [0.4, 0.5) is 0 Å². The summed E-state index contributed by atoms with van der Waals surface area (Å²) in [4.78, 5) is 9.93. The van der Waals surface area contributed by atoms with Crippen molar-refractivity contribution in [2.24, 2.45) is 10.2 Å². The van der Waals surface area contributed by atoms with E-state index in [9.17, 15) is 4.79 Å². The molecule has 0 radical (unpaired) electrons. The quantitative estimate of drug-likeness (QED) is 0.472. The van der Waals surface area contributed by atoms with Crippen LogP contribution in [0.3, 0.4) is 0 Å². The van der Waals surface area contributed by atoms with Gasteiger partial charge >= 0.3 is 5.97 Å². The Morgan fingerprint density at radius 2 is 2.09 bits per heavy atom. The molecule has 0 unspecified atom stereocenters. The van der Waals surface area contributed by atoms with E-state index in [-0.39, 0.29) is 6.54 Å². The highest BCUT2D eigenvalue weighted by Crippen LogP contribution is 1.93. The topological polar surface area (TPSA) is 62.0 Å². The minimum atomic E-state index is -0.927. The molecule has 4 heteroatoms. The average molecular weight is 158 g/mol. The number of hydrogen-bond donors (Lipinski definition) is 1. The maximum atomic E-state index is 9.93. The molecule has 0 aromatic carbocycles. The maximum absolute atomic E-state index is 9.93. The monoisotopic (exact) mass is 158 g/mol. The molecule has 0 heterocycles. The first-order valence-corrected chi connectivity index (χ1v) is 3.82. The molecule has 0 aliphatic heterocycles. The van der Waals surface area contributed by atoms with Gasteiger partial charge in [0.15, 0.2) is 6.54 Å². The molecular formula is C7H14N2O2. The number of aliphatic carboxylic acids is 1. The van der Waals surface area contributed by atoms with Crippen LogP contribution in [0, 0.1) is 0 Å². The molecule has 0 saturated heterocycles. The first-order chi connectivity index (χ1) is 5.27. The number of carboxylic acid groups (broad SMARTS) is 1. The largest absolute Gasteiger partial charge is 0.480 e. The first-order valence-electron chi connectivity index (χ1n) is 3.82. The van der Waals surface area contributed by atoms with E-state index in [0.717, 1.165) is 19.3 Å². The zero-order valence-electron chi connectivity index (χ0n) is 6.79. The van der Waals surface area contributed by atoms with Gasteiger partial charge in [0.05, 0.1) is 6.54 Å². The molecule has 0 amide bonds. The number of azo groups is 1. The first kappa shape index (κ1) is 10.1. The van der Waals surface area contributed by atoms with Gasteiger partial charge in [-0.05, 0) is 6.42 Å². The molecule has 0 rings (SSSR count). The molecule has 0 saturated carbocycles. The Morgan fingerprint density at radius 1 is 1.36 bits per heavy atom. The van der Waals surface area contributed by atoms with Crippen LogP contribution in [0.2, 0.25) is 0 Å². The van der Waals surface area contributed by atoms with Crippen LogP contribution in [0.15, 0.2) is 10.2 Å². The molecule has 0 atom stereocenters. The minimum Gasteiger partial charge on any atom is -0.480 e. The fourth-order valence-electron chi connectivity index (χ4n) is 0.614. The second-order valence-corrected chi connectivity index (χ2v) is 2.27. The van der Waals surface area contributed by atoms with Crippen LogP contribution >= 0.6 is 0 Å². The molecule has 11 heavy (non-hydrogen) atoms. The van der Waals surface area contributed by atoms with E-state index in [1.807, 2.05) is 0 Å². The van der Waals surface area contributed by atoms with E-state index in [4.69, 9.17) is 5.11 Å². The highest BCUT2D eigenvalue weighted by molar-refractivity contribution is 5.68. The standard InChI is InChI=1S/C7H14N2O2/c1-2-3-4-5-8-9-6-7(10)11/h2-6H2,1H3,(H,10,11). The van der Waals surface area contributed by atoms with Crippen molar-refractivity contribution in [3.05, 3.63) is 0 Å². The molecule has 64 valence electrons. The zero-order valence-corrected chi connectivity index (χ0v) is 6.79. The summed E-state index contributed by atoms with van der Waals surface area (Å²) in [6.07, 6.45) is 3.28. The fourth-order valence-corrected chi connectivity index (χ4v) is 0.614. The summed E-state index contributed by atoms with van der Waals surface area (Å²) in [6.45, 7) is 2.56. The van der Waals surface area contributed by atoms with E-state index in [2.05, 4.69) is 17.2 Å². The molecule has 0 spiro atoms. The van der Waals surface area contributed by atoms with E-state index >= 15 is 0 Å². The summed E-state index contributed by atoms with van der Waals surface area (Å²) in [5.41, 5.74) is 0. The van der Waals surface area contributed by atoms with Crippen molar-refractivity contribution in [3.8, 4) is 0 Å². The number of nitrogens with zero attached hydrogens (tertiary/aromatic N) is 2. The second kappa shape index (κ2) is 7.18. The van der Waals surface area contributed by atoms with Crippen LogP contribution in [-0.4, -0.2) is 24.2 Å². The molecule has 1 N–H and O–H groups in total. The maximum Gasteiger partial charge on any atom is 0.327 e. The van der Waals surface area contributed by atoms with Crippen molar-refractivity contribution in [2.75, 3.05) is 13.1 Å². The van der Waals surface area contributed by atoms with Gasteiger partial charge < -0.3 is 5.11 Å². The average Bonchev–Trinajstić information content (AvgIpc) is 1.96. The van der Waals surface area contributed by atoms with Gasteiger partial charge in [-0.3, -0.25) is 4.79 Å². The minimum absolute atomic E-state index is 0.202. The lowest BCUT2D eigenvalue weighted by Crippen LogP contribution is -1.98. The zero-order chi connectivity index (χ0) is 8.53. The molecule has 0 fully saturated rings. The highest BCUT2D eigenvalue weighted by Gasteiger charge is 1.90. The van der Waals surface area contributed by atoms with Crippen molar-refractivity contribution >= 4 is 5.97 Å². The van der Waals surface area contributed by atoms with E-state index < -0.39 is 5.97 Å². The van der Waals surface area contributed by atoms with Gasteiger partial charge in [0.1, 0.15) is 0 Å². The van der Waals surface area contributed by atoms with Gasteiger partial charge in [-0.1, -0.05) is 19.8 Å². The molecule has 0 aliphatic carbocycles. The Bertz CT molecular complexity index is 134. The Morgan fingerprint density at radius 3 is 2.64 bits per heavy atom. The number of rotatable bonds is 6. The molecule has 0 aliphatic rings. The fraction of sp³-hybridized carbons (Fsp3) is 0.857. The van der Waals surface area contributed by atoms with Gasteiger partial charge in [-0.2, -0.15) is 10.2 Å². The van der Waals surface area contributed by atoms with Gasteiger partial charge in [0.25, 0.3) is 0 Å². The summed E-state index contributed by atoms with van der Waals surface area (Å²) in [5, 5.41) is 15.3. The summed E-state index contributed by atoms with van der Waals surface area (Å²) in [5.74, 6) is -0.927. The molecule has 0 aromatic heterocycles. The Labute approximate surface area is 66.3 Å². The third kappa shape index (κ3) is 9.07. The van der Waals surface area contributed by atoms with Gasteiger partial charge in [0.2, 0.25) is 0 Å². The lowest BCUT2D eigenvalue weighted by Gasteiger charge is -1.89. The van der Waals surface area contributed by atoms with Crippen molar-refractivity contribution in [1.82, 2.24) is 0 Å². The van der Waals surface area contributed by atoms with Gasteiger partial charge in [0, 0.05) is 0 Å². The third-order valence-corrected chi connectivity index (χ3v) is 1.17. The van der Waals surface area contributed by atoms with Crippen LogP contribution < -0.4 is 0 Å². The van der Waals surface area contributed by atoms with Crippen molar-refractivity contribution in [1.29, 1.82) is 0 Å². The van der Waals surface area contributed by atoms with Crippen LogP contribution in [0.25, 0.3) is 0 Å². The number of carbonyl (C=O) groups is 1. The smallest absolute Gasteiger partial charge is 0.327 e. The summed E-state index contributed by atoms with van der Waals surface area (Å²) < 4.78 is 0. The Kier molecular flexibility index (Phi) is 6.57. The van der Waals surface area contributed by atoms with Gasteiger partial charge in [-0.15, -0.1) is 0 Å². The van der Waals surface area contributed by atoms with E-state index in [0.29, 0.717) is 6.54 Å². The third-order valence-electron chi connectivity index (χ3n) is 1.17. The normalized spacial score (nSPS) is 10.6. The van der Waals surface area contributed by atoms with E-state index in [1.54, 1.807) is 0 Å². The predicted octanol–water partition coefficient (Wildman–Crippen LogP) is 1.71. The van der Waals surface area contributed by atoms with Crippen molar-refractivity contribution in [2.45, 2.75) is 26.2 Å². The van der Waals surface area contributed by atoms with E-state index in [1.165, 1.54) is 0 Å². The van der Waals surface area contributed by atoms with Crippen LogP contribution in [0.5, 0.6) is 0 Å². The second-order valence-electron chi connectivity index (χ2n) is 2.27. The summed E-state index contributed by atoms with van der Waals surface area (Å²) in [7, 11) is 0. The molecule has 0 aromatic rings. The summed E-state index contributed by atoms with van der Waals surface area (Å²) in [6, 6.07) is 0. The lowest BCUT2D eigenvalue weighted by molar-refractivity contribution is -0.135.